The van der Waals surface area contributed by atoms with Gasteiger partial charge in [-0.05, 0) is 67.7 Å². The normalized spacial score (nSPS) is 18.4. The van der Waals surface area contributed by atoms with Gasteiger partial charge >= 0.3 is 0 Å². The van der Waals surface area contributed by atoms with Crippen LogP contribution in [0.1, 0.15) is 95.6 Å². The van der Waals surface area contributed by atoms with Crippen LogP contribution in [0.25, 0.3) is 11.1 Å². The van der Waals surface area contributed by atoms with E-state index in [-0.39, 0.29) is 5.82 Å². The van der Waals surface area contributed by atoms with Gasteiger partial charge in [-0.3, -0.25) is 0 Å². The van der Waals surface area contributed by atoms with Crippen molar-refractivity contribution in [1.82, 2.24) is 0 Å². The molecule has 0 amide bonds. The van der Waals surface area contributed by atoms with E-state index >= 15 is 0 Å². The van der Waals surface area contributed by atoms with E-state index < -0.39 is 0 Å². The zero-order valence-corrected chi connectivity index (χ0v) is 19.6. The number of benzene rings is 2. The highest BCUT2D eigenvalue weighted by Gasteiger charge is 2.19. The van der Waals surface area contributed by atoms with Crippen molar-refractivity contribution in [3.8, 4) is 23.0 Å². The Morgan fingerprint density at radius 3 is 2.26 bits per heavy atom. The Kier molecular flexibility index (Phi) is 9.67. The lowest BCUT2D eigenvalue weighted by molar-refractivity contribution is 0.294. The minimum absolute atomic E-state index is 0.177. The molecule has 0 nitrogen and oxygen atoms in total. The quantitative estimate of drug-likeness (QED) is 0.281. The lowest BCUT2D eigenvalue weighted by atomic mass is 9.80. The van der Waals surface area contributed by atoms with Crippen molar-refractivity contribution in [3.63, 3.8) is 0 Å². The molecule has 1 fully saturated rings. The summed E-state index contributed by atoms with van der Waals surface area (Å²) < 4.78 is 14.8. The molecule has 0 heterocycles. The highest BCUT2D eigenvalue weighted by molar-refractivity contribution is 5.65. The maximum atomic E-state index is 14.8. The van der Waals surface area contributed by atoms with Gasteiger partial charge in [0.25, 0.3) is 0 Å². The molecule has 0 bridgehead atoms. The number of hydrogen-bond acceptors (Lipinski definition) is 0. The number of unbranched alkanes of at least 4 members (excludes halogenated alkanes) is 4. The van der Waals surface area contributed by atoms with Crippen molar-refractivity contribution in [1.29, 1.82) is 0 Å². The summed E-state index contributed by atoms with van der Waals surface area (Å²) in [6, 6.07) is 13.8. The molecule has 1 heteroatoms. The number of halogens is 1. The SMILES string of the molecule is CCCCCC[C@H]1CC[C@H](C#Cc2ccc(-c3ccc(CCCC)cc3)c(F)c2)CC1. The fraction of sp³-hybridized carbons (Fsp3) is 0.533. The Bertz CT molecular complexity index is 844. The van der Waals surface area contributed by atoms with Crippen LogP contribution in [0, 0.1) is 29.5 Å². The van der Waals surface area contributed by atoms with Crippen molar-refractivity contribution < 1.29 is 4.39 Å². The first-order valence-corrected chi connectivity index (χ1v) is 12.6. The molecule has 0 saturated heterocycles. The van der Waals surface area contributed by atoms with E-state index in [9.17, 15) is 4.39 Å². The molecule has 31 heavy (non-hydrogen) atoms. The van der Waals surface area contributed by atoms with Crippen molar-refractivity contribution in [2.24, 2.45) is 11.8 Å². The predicted octanol–water partition coefficient (Wildman–Crippen LogP) is 8.96. The molecular weight excluding hydrogens is 379 g/mol. The Morgan fingerprint density at radius 1 is 0.839 bits per heavy atom. The fourth-order valence-electron chi connectivity index (χ4n) is 4.70. The smallest absolute Gasteiger partial charge is 0.132 e. The van der Waals surface area contributed by atoms with Crippen molar-refractivity contribution >= 4 is 0 Å². The molecule has 0 unspecified atom stereocenters. The summed E-state index contributed by atoms with van der Waals surface area (Å²) >= 11 is 0. The van der Waals surface area contributed by atoms with Gasteiger partial charge in [-0.1, -0.05) is 94.5 Å². The summed E-state index contributed by atoms with van der Waals surface area (Å²) in [4.78, 5) is 0. The topological polar surface area (TPSA) is 0 Å². The first-order chi connectivity index (χ1) is 15.2. The standard InChI is InChI=1S/C30H39F/c1-3-5-7-8-10-25-11-13-26(14-12-25)15-16-27-19-22-29(30(31)23-27)28-20-17-24(18-21-28)9-6-4-2/h17-23,25-26H,3-14H2,1-2H3/t25-,26-. The largest absolute Gasteiger partial charge is 0.206 e. The maximum Gasteiger partial charge on any atom is 0.132 e. The van der Waals surface area contributed by atoms with Crippen LogP contribution in [-0.4, -0.2) is 0 Å². The number of rotatable bonds is 9. The van der Waals surface area contributed by atoms with Gasteiger partial charge in [0.05, 0.1) is 0 Å². The van der Waals surface area contributed by atoms with Crippen molar-refractivity contribution in [3.05, 3.63) is 59.4 Å². The summed E-state index contributed by atoms with van der Waals surface area (Å²) in [6.45, 7) is 4.48. The third-order valence-corrected chi connectivity index (χ3v) is 6.79. The van der Waals surface area contributed by atoms with Gasteiger partial charge in [-0.25, -0.2) is 4.39 Å². The van der Waals surface area contributed by atoms with Gasteiger partial charge in [0.1, 0.15) is 5.82 Å². The summed E-state index contributed by atoms with van der Waals surface area (Å²) in [7, 11) is 0. The fourth-order valence-corrected chi connectivity index (χ4v) is 4.70. The van der Waals surface area contributed by atoms with E-state index in [2.05, 4.69) is 37.8 Å². The van der Waals surface area contributed by atoms with Crippen molar-refractivity contribution in [2.45, 2.75) is 90.9 Å². The molecule has 1 aliphatic carbocycles. The summed E-state index contributed by atoms with van der Waals surface area (Å²) in [5.74, 6) is 7.89. The van der Waals surface area contributed by atoms with Gasteiger partial charge in [-0.15, -0.1) is 0 Å². The Balaban J connectivity index is 1.53. The predicted molar refractivity (Wildman–Crippen MR) is 132 cm³/mol. The van der Waals surface area contributed by atoms with E-state index in [1.165, 1.54) is 76.2 Å². The lowest BCUT2D eigenvalue weighted by Crippen LogP contribution is -2.13. The zero-order valence-electron chi connectivity index (χ0n) is 19.6. The van der Waals surface area contributed by atoms with E-state index in [0.29, 0.717) is 11.5 Å². The molecule has 2 aromatic carbocycles. The molecule has 0 atom stereocenters. The monoisotopic (exact) mass is 418 g/mol. The second kappa shape index (κ2) is 12.7. The van der Waals surface area contributed by atoms with Crippen LogP contribution < -0.4 is 0 Å². The highest BCUT2D eigenvalue weighted by atomic mass is 19.1. The third kappa shape index (κ3) is 7.53. The molecule has 1 saturated carbocycles. The lowest BCUT2D eigenvalue weighted by Gasteiger charge is -2.25. The molecule has 0 spiro atoms. The average molecular weight is 419 g/mol. The molecule has 0 N–H and O–H groups in total. The summed E-state index contributed by atoms with van der Waals surface area (Å²) in [5, 5.41) is 0. The van der Waals surface area contributed by atoms with Gasteiger partial charge in [-0.2, -0.15) is 0 Å². The molecule has 166 valence electrons. The molecular formula is C30H39F. The van der Waals surface area contributed by atoms with E-state index in [1.807, 2.05) is 24.3 Å². The molecule has 0 radical (unpaired) electrons. The summed E-state index contributed by atoms with van der Waals surface area (Å²) in [5.41, 5.74) is 3.72. The van der Waals surface area contributed by atoms with E-state index in [4.69, 9.17) is 0 Å². The van der Waals surface area contributed by atoms with Crippen LogP contribution in [0.3, 0.4) is 0 Å². The highest BCUT2D eigenvalue weighted by Crippen LogP contribution is 2.32. The van der Waals surface area contributed by atoms with Gasteiger partial charge in [0.2, 0.25) is 0 Å². The Labute approximate surface area is 189 Å². The number of hydrogen-bond donors (Lipinski definition) is 0. The molecule has 3 rings (SSSR count). The van der Waals surface area contributed by atoms with Crippen molar-refractivity contribution in [2.75, 3.05) is 0 Å². The minimum Gasteiger partial charge on any atom is -0.206 e. The minimum atomic E-state index is -0.177. The number of aryl methyl sites for hydroxylation is 1. The zero-order chi connectivity index (χ0) is 21.9. The molecule has 0 aromatic heterocycles. The maximum absolute atomic E-state index is 14.8. The second-order valence-corrected chi connectivity index (χ2v) is 9.33. The second-order valence-electron chi connectivity index (χ2n) is 9.33. The van der Waals surface area contributed by atoms with Gasteiger partial charge in [0, 0.05) is 17.0 Å². The Morgan fingerprint density at radius 2 is 1.58 bits per heavy atom. The first kappa shape index (κ1) is 23.6. The van der Waals surface area contributed by atoms with Gasteiger partial charge in [0.15, 0.2) is 0 Å². The van der Waals surface area contributed by atoms with Crippen LogP contribution >= 0.6 is 0 Å². The van der Waals surface area contributed by atoms with Gasteiger partial charge < -0.3 is 0 Å². The Hall–Kier alpha value is -2.07. The van der Waals surface area contributed by atoms with E-state index in [1.54, 1.807) is 6.07 Å². The van der Waals surface area contributed by atoms with E-state index in [0.717, 1.165) is 23.5 Å². The first-order valence-electron chi connectivity index (χ1n) is 12.6. The van der Waals surface area contributed by atoms with Crippen LogP contribution in [-0.2, 0) is 6.42 Å². The van der Waals surface area contributed by atoms with Crippen LogP contribution in [0.15, 0.2) is 42.5 Å². The third-order valence-electron chi connectivity index (χ3n) is 6.79. The molecule has 2 aromatic rings. The average Bonchev–Trinajstić information content (AvgIpc) is 2.80. The molecule has 0 aliphatic heterocycles. The summed E-state index contributed by atoms with van der Waals surface area (Å²) in [6.07, 6.45) is 15.4. The molecule has 1 aliphatic rings. The van der Waals surface area contributed by atoms with Crippen LogP contribution in [0.2, 0.25) is 0 Å². The van der Waals surface area contributed by atoms with Crippen LogP contribution in [0.4, 0.5) is 4.39 Å². The van der Waals surface area contributed by atoms with Crippen LogP contribution in [0.5, 0.6) is 0 Å².